The second kappa shape index (κ2) is 6.58. The van der Waals surface area contributed by atoms with E-state index in [9.17, 15) is 0 Å². The molecule has 0 aromatic rings. The van der Waals surface area contributed by atoms with E-state index in [1.807, 2.05) is 0 Å². The number of hydrogen-bond acceptors (Lipinski definition) is 3. The van der Waals surface area contributed by atoms with Gasteiger partial charge in [-0.25, -0.2) is 0 Å². The van der Waals surface area contributed by atoms with Gasteiger partial charge in [-0.1, -0.05) is 0 Å². The fraction of sp³-hybridized carbons (Fsp3) is 1.00. The van der Waals surface area contributed by atoms with Crippen LogP contribution in [0.1, 0.15) is 38.5 Å². The Morgan fingerprint density at radius 2 is 1.94 bits per heavy atom. The summed E-state index contributed by atoms with van der Waals surface area (Å²) < 4.78 is 0. The Morgan fingerprint density at radius 3 is 2.56 bits per heavy atom. The van der Waals surface area contributed by atoms with E-state index in [0.29, 0.717) is 6.61 Å². The van der Waals surface area contributed by atoms with Crippen molar-refractivity contribution in [1.29, 1.82) is 0 Å². The molecule has 0 bridgehead atoms. The first kappa shape index (κ1) is 12.3. The van der Waals surface area contributed by atoms with Gasteiger partial charge >= 0.3 is 0 Å². The van der Waals surface area contributed by atoms with Crippen molar-refractivity contribution in [3.05, 3.63) is 0 Å². The van der Waals surface area contributed by atoms with Crippen molar-refractivity contribution < 1.29 is 5.11 Å². The molecule has 2 saturated heterocycles. The van der Waals surface area contributed by atoms with Gasteiger partial charge in [-0.15, -0.1) is 0 Å². The van der Waals surface area contributed by atoms with Crippen molar-refractivity contribution in [2.24, 2.45) is 5.92 Å². The first-order valence-electron chi connectivity index (χ1n) is 6.95. The van der Waals surface area contributed by atoms with Crippen LogP contribution in [-0.2, 0) is 0 Å². The van der Waals surface area contributed by atoms with Gasteiger partial charge in [-0.05, 0) is 70.6 Å². The number of piperidine rings is 1. The standard InChI is InChI=1S/C13H26N2O/c16-11-6-12-3-8-15(9-4-12)10-5-13-2-1-7-14-13/h12-14,16H,1-11H2. The molecule has 1 atom stereocenters. The summed E-state index contributed by atoms with van der Waals surface area (Å²) in [5, 5.41) is 12.5. The molecule has 3 heteroatoms. The minimum atomic E-state index is 0.372. The lowest BCUT2D eigenvalue weighted by atomic mass is 9.94. The van der Waals surface area contributed by atoms with E-state index in [1.165, 1.54) is 58.3 Å². The highest BCUT2D eigenvalue weighted by Crippen LogP contribution is 2.20. The molecule has 94 valence electrons. The molecule has 2 fully saturated rings. The smallest absolute Gasteiger partial charge is 0.0433 e. The molecule has 2 aliphatic heterocycles. The minimum Gasteiger partial charge on any atom is -0.396 e. The monoisotopic (exact) mass is 226 g/mol. The van der Waals surface area contributed by atoms with Crippen LogP contribution in [0.4, 0.5) is 0 Å². The Morgan fingerprint density at radius 1 is 1.12 bits per heavy atom. The molecule has 0 aromatic heterocycles. The molecule has 16 heavy (non-hydrogen) atoms. The molecule has 0 saturated carbocycles. The van der Waals surface area contributed by atoms with Crippen molar-refractivity contribution in [3.8, 4) is 0 Å². The van der Waals surface area contributed by atoms with E-state index < -0.39 is 0 Å². The van der Waals surface area contributed by atoms with Crippen molar-refractivity contribution in [2.75, 3.05) is 32.8 Å². The summed E-state index contributed by atoms with van der Waals surface area (Å²) in [7, 11) is 0. The largest absolute Gasteiger partial charge is 0.396 e. The maximum absolute atomic E-state index is 8.91. The van der Waals surface area contributed by atoms with E-state index in [4.69, 9.17) is 5.11 Å². The van der Waals surface area contributed by atoms with E-state index in [0.717, 1.165) is 18.4 Å². The molecule has 0 aromatic carbocycles. The molecule has 0 amide bonds. The molecule has 2 rings (SSSR count). The Kier molecular flexibility index (Phi) is 5.07. The number of aliphatic hydroxyl groups is 1. The number of likely N-dealkylation sites (tertiary alicyclic amines) is 1. The van der Waals surface area contributed by atoms with Gasteiger partial charge in [0.1, 0.15) is 0 Å². The van der Waals surface area contributed by atoms with Crippen molar-refractivity contribution >= 4 is 0 Å². The van der Waals surface area contributed by atoms with Gasteiger partial charge in [0, 0.05) is 12.6 Å². The number of rotatable bonds is 5. The van der Waals surface area contributed by atoms with Crippen LogP contribution in [0.3, 0.4) is 0 Å². The summed E-state index contributed by atoms with van der Waals surface area (Å²) in [5.41, 5.74) is 0. The zero-order valence-electron chi connectivity index (χ0n) is 10.3. The lowest BCUT2D eigenvalue weighted by molar-refractivity contribution is 0.154. The Hall–Kier alpha value is -0.120. The zero-order chi connectivity index (χ0) is 11.2. The van der Waals surface area contributed by atoms with Crippen LogP contribution in [0.15, 0.2) is 0 Å². The van der Waals surface area contributed by atoms with Gasteiger partial charge in [-0.3, -0.25) is 0 Å². The fourth-order valence-corrected chi connectivity index (χ4v) is 3.02. The van der Waals surface area contributed by atoms with Crippen molar-refractivity contribution in [2.45, 2.75) is 44.6 Å². The highest BCUT2D eigenvalue weighted by Gasteiger charge is 2.20. The van der Waals surface area contributed by atoms with E-state index >= 15 is 0 Å². The van der Waals surface area contributed by atoms with Crippen molar-refractivity contribution in [1.82, 2.24) is 10.2 Å². The molecule has 0 radical (unpaired) electrons. The second-order valence-corrected chi connectivity index (χ2v) is 5.38. The number of aliphatic hydroxyl groups excluding tert-OH is 1. The van der Waals surface area contributed by atoms with Crippen LogP contribution in [0.25, 0.3) is 0 Å². The molecule has 2 heterocycles. The molecular weight excluding hydrogens is 200 g/mol. The summed E-state index contributed by atoms with van der Waals surface area (Å²) in [5.74, 6) is 0.783. The summed E-state index contributed by atoms with van der Waals surface area (Å²) in [4.78, 5) is 2.61. The minimum absolute atomic E-state index is 0.372. The fourth-order valence-electron chi connectivity index (χ4n) is 3.02. The van der Waals surface area contributed by atoms with Gasteiger partial charge in [0.15, 0.2) is 0 Å². The van der Waals surface area contributed by atoms with Crippen LogP contribution >= 0.6 is 0 Å². The summed E-state index contributed by atoms with van der Waals surface area (Å²) in [6.07, 6.45) is 7.66. The molecular formula is C13H26N2O. The normalized spacial score (nSPS) is 28.7. The van der Waals surface area contributed by atoms with Gasteiger partial charge in [0.25, 0.3) is 0 Å². The lowest BCUT2D eigenvalue weighted by Crippen LogP contribution is -2.37. The predicted octanol–water partition coefficient (Wildman–Crippen LogP) is 1.22. The summed E-state index contributed by atoms with van der Waals surface area (Å²) in [6.45, 7) is 5.36. The van der Waals surface area contributed by atoms with Crippen LogP contribution in [0.2, 0.25) is 0 Å². The van der Waals surface area contributed by atoms with Gasteiger partial charge in [0.2, 0.25) is 0 Å². The van der Waals surface area contributed by atoms with Crippen LogP contribution < -0.4 is 5.32 Å². The third kappa shape index (κ3) is 3.72. The maximum atomic E-state index is 8.91. The Labute approximate surface area is 99.2 Å². The highest BCUT2D eigenvalue weighted by molar-refractivity contribution is 4.77. The van der Waals surface area contributed by atoms with Crippen LogP contribution in [0, 0.1) is 5.92 Å². The highest BCUT2D eigenvalue weighted by atomic mass is 16.3. The number of nitrogens with one attached hydrogen (secondary N) is 1. The average molecular weight is 226 g/mol. The Bertz CT molecular complexity index is 184. The molecule has 2 N–H and O–H groups in total. The van der Waals surface area contributed by atoms with Gasteiger partial charge in [0.05, 0.1) is 0 Å². The topological polar surface area (TPSA) is 35.5 Å². The van der Waals surface area contributed by atoms with Crippen LogP contribution in [-0.4, -0.2) is 48.8 Å². The molecule has 0 aliphatic carbocycles. The second-order valence-electron chi connectivity index (χ2n) is 5.38. The van der Waals surface area contributed by atoms with E-state index in [-0.39, 0.29) is 0 Å². The number of hydrogen-bond donors (Lipinski definition) is 2. The summed E-state index contributed by atoms with van der Waals surface area (Å²) in [6, 6.07) is 0.787. The molecule has 2 aliphatic rings. The molecule has 3 nitrogen and oxygen atoms in total. The third-order valence-corrected chi connectivity index (χ3v) is 4.20. The maximum Gasteiger partial charge on any atom is 0.0433 e. The predicted molar refractivity (Wildman–Crippen MR) is 66.5 cm³/mol. The van der Waals surface area contributed by atoms with Gasteiger partial charge < -0.3 is 15.3 Å². The van der Waals surface area contributed by atoms with E-state index in [2.05, 4.69) is 10.2 Å². The molecule has 0 spiro atoms. The quantitative estimate of drug-likeness (QED) is 0.740. The first-order valence-corrected chi connectivity index (χ1v) is 6.95. The van der Waals surface area contributed by atoms with Crippen molar-refractivity contribution in [3.63, 3.8) is 0 Å². The van der Waals surface area contributed by atoms with Gasteiger partial charge in [-0.2, -0.15) is 0 Å². The third-order valence-electron chi connectivity index (χ3n) is 4.20. The number of nitrogens with zero attached hydrogens (tertiary/aromatic N) is 1. The first-order chi connectivity index (χ1) is 7.88. The SMILES string of the molecule is OCCC1CCN(CCC2CCCN2)CC1. The molecule has 1 unspecified atom stereocenters. The summed E-state index contributed by atoms with van der Waals surface area (Å²) >= 11 is 0. The average Bonchev–Trinajstić information content (AvgIpc) is 2.82. The van der Waals surface area contributed by atoms with E-state index in [1.54, 1.807) is 0 Å². The Balaban J connectivity index is 1.57. The zero-order valence-corrected chi connectivity index (χ0v) is 10.3. The lowest BCUT2D eigenvalue weighted by Gasteiger charge is -2.32. The van der Waals surface area contributed by atoms with Crippen LogP contribution in [0.5, 0.6) is 0 Å².